The Morgan fingerprint density at radius 1 is 1.34 bits per heavy atom. The number of allylic oxidation sites excluding steroid dienone is 3. The fourth-order valence-electron chi connectivity index (χ4n) is 1.84. The van der Waals surface area contributed by atoms with Crippen molar-refractivity contribution in [3.05, 3.63) is 67.2 Å². The molecule has 0 radical (unpaired) electrons. The number of carbonyl (C=O) groups is 1. The van der Waals surface area contributed by atoms with Crippen LogP contribution in [0.1, 0.15) is 13.3 Å². The van der Waals surface area contributed by atoms with E-state index >= 15 is 0 Å². The van der Waals surface area contributed by atoms with Gasteiger partial charge in [0, 0.05) is 25.5 Å². The van der Waals surface area contributed by atoms with Gasteiger partial charge in [-0.2, -0.15) is 8.42 Å². The molecule has 1 atom stereocenters. The van der Waals surface area contributed by atoms with Crippen LogP contribution in [0.15, 0.2) is 67.2 Å². The predicted octanol–water partition coefficient (Wildman–Crippen LogP) is 2.31. The zero-order valence-electron chi connectivity index (χ0n) is 17.2. The lowest BCUT2D eigenvalue weighted by Gasteiger charge is -2.21. The number of hydrogen-bond acceptors (Lipinski definition) is 6. The maximum atomic E-state index is 10.5. The first kappa shape index (κ1) is 26.5. The SMILES string of the molecule is C=CC1=CCN(CCCS(=O)(=O)O)C=C1.CC(C(=O)O)N(C)C.c1ccncc1. The second-order valence-electron chi connectivity index (χ2n) is 6.36. The summed E-state index contributed by atoms with van der Waals surface area (Å²) in [6, 6.07) is 5.34. The summed E-state index contributed by atoms with van der Waals surface area (Å²) in [6.07, 6.45) is 11.5. The lowest BCUT2D eigenvalue weighted by atomic mass is 10.2. The monoisotopic (exact) mass is 425 g/mol. The molecule has 9 heteroatoms. The molecule has 2 heterocycles. The van der Waals surface area contributed by atoms with E-state index in [4.69, 9.17) is 9.66 Å². The van der Waals surface area contributed by atoms with E-state index in [0.29, 0.717) is 13.0 Å². The van der Waals surface area contributed by atoms with Crippen LogP contribution in [0.25, 0.3) is 0 Å². The molecule has 0 fully saturated rings. The quantitative estimate of drug-likeness (QED) is 0.640. The zero-order chi connectivity index (χ0) is 22.3. The van der Waals surface area contributed by atoms with Crippen molar-refractivity contribution in [1.29, 1.82) is 0 Å². The predicted molar refractivity (Wildman–Crippen MR) is 115 cm³/mol. The maximum Gasteiger partial charge on any atom is 0.320 e. The molecule has 1 unspecified atom stereocenters. The van der Waals surface area contributed by atoms with Crippen molar-refractivity contribution in [1.82, 2.24) is 14.8 Å². The minimum Gasteiger partial charge on any atom is -0.480 e. The molecule has 29 heavy (non-hydrogen) atoms. The highest BCUT2D eigenvalue weighted by Gasteiger charge is 2.11. The molecule has 1 aromatic rings. The lowest BCUT2D eigenvalue weighted by Crippen LogP contribution is -2.32. The van der Waals surface area contributed by atoms with Crippen LogP contribution < -0.4 is 0 Å². The molecular formula is C20H31N3O5S. The fraction of sp³-hybridized carbons (Fsp3) is 0.400. The van der Waals surface area contributed by atoms with Crippen molar-refractivity contribution < 1.29 is 22.9 Å². The molecule has 2 N–H and O–H groups in total. The lowest BCUT2D eigenvalue weighted by molar-refractivity contribution is -0.141. The Kier molecular flexibility index (Phi) is 13.3. The first-order valence-corrected chi connectivity index (χ1v) is 10.6. The van der Waals surface area contributed by atoms with E-state index in [2.05, 4.69) is 11.6 Å². The Labute approximate surface area is 173 Å². The van der Waals surface area contributed by atoms with E-state index in [0.717, 1.165) is 12.1 Å². The Hall–Kier alpha value is -2.49. The molecule has 1 aromatic heterocycles. The van der Waals surface area contributed by atoms with Gasteiger partial charge in [0.25, 0.3) is 10.1 Å². The van der Waals surface area contributed by atoms with E-state index in [1.54, 1.807) is 44.4 Å². The van der Waals surface area contributed by atoms with Crippen LogP contribution in [0.5, 0.6) is 0 Å². The van der Waals surface area contributed by atoms with Crippen molar-refractivity contribution in [2.45, 2.75) is 19.4 Å². The largest absolute Gasteiger partial charge is 0.480 e. The number of rotatable bonds is 7. The molecule has 0 spiro atoms. The van der Waals surface area contributed by atoms with Crippen LogP contribution >= 0.6 is 0 Å². The summed E-state index contributed by atoms with van der Waals surface area (Å²) >= 11 is 0. The Bertz CT molecular complexity index is 735. The van der Waals surface area contributed by atoms with Crippen LogP contribution in [0.4, 0.5) is 0 Å². The van der Waals surface area contributed by atoms with Gasteiger partial charge < -0.3 is 10.0 Å². The summed E-state index contributed by atoms with van der Waals surface area (Å²) in [5.41, 5.74) is 1.07. The van der Waals surface area contributed by atoms with E-state index in [-0.39, 0.29) is 11.8 Å². The summed E-state index contributed by atoms with van der Waals surface area (Å²) in [5, 5.41) is 8.31. The fourth-order valence-corrected chi connectivity index (χ4v) is 2.34. The Morgan fingerprint density at radius 2 is 1.97 bits per heavy atom. The van der Waals surface area contributed by atoms with Gasteiger partial charge in [-0.25, -0.2) is 0 Å². The number of aliphatic carboxylic acids is 1. The van der Waals surface area contributed by atoms with Gasteiger partial charge in [-0.3, -0.25) is 19.2 Å². The Balaban J connectivity index is 0.000000466. The number of aromatic nitrogens is 1. The van der Waals surface area contributed by atoms with Crippen LogP contribution in [0.3, 0.4) is 0 Å². The van der Waals surface area contributed by atoms with E-state index < -0.39 is 16.1 Å². The molecule has 0 saturated carbocycles. The molecule has 0 amide bonds. The van der Waals surface area contributed by atoms with Crippen molar-refractivity contribution >= 4 is 16.1 Å². The highest BCUT2D eigenvalue weighted by molar-refractivity contribution is 7.85. The van der Waals surface area contributed by atoms with Crippen LogP contribution in [0.2, 0.25) is 0 Å². The number of pyridine rings is 1. The summed E-state index contributed by atoms with van der Waals surface area (Å²) in [5.74, 6) is -0.968. The highest BCUT2D eigenvalue weighted by Crippen LogP contribution is 2.08. The average Bonchev–Trinajstić information content (AvgIpc) is 2.69. The summed E-state index contributed by atoms with van der Waals surface area (Å²) in [6.45, 7) is 6.67. The minimum atomic E-state index is -3.82. The normalized spacial score (nSPS) is 14.0. The first-order valence-electron chi connectivity index (χ1n) is 9.01. The number of likely N-dealkylation sites (N-methyl/N-ethyl adjacent to an activating group) is 1. The molecule has 2 rings (SSSR count). The van der Waals surface area contributed by atoms with E-state index in [1.165, 1.54) is 0 Å². The van der Waals surface area contributed by atoms with E-state index in [9.17, 15) is 13.2 Å². The molecule has 1 aliphatic rings. The number of hydrogen-bond donors (Lipinski definition) is 2. The summed E-state index contributed by atoms with van der Waals surface area (Å²) in [4.78, 5) is 17.5. The van der Waals surface area contributed by atoms with Gasteiger partial charge in [-0.05, 0) is 57.4 Å². The molecule has 0 aliphatic carbocycles. The average molecular weight is 426 g/mol. The Morgan fingerprint density at radius 3 is 2.24 bits per heavy atom. The third kappa shape index (κ3) is 15.1. The number of nitrogens with zero attached hydrogens (tertiary/aromatic N) is 3. The molecule has 0 bridgehead atoms. The first-order chi connectivity index (χ1) is 13.6. The minimum absolute atomic E-state index is 0.185. The van der Waals surface area contributed by atoms with Gasteiger partial charge in [-0.1, -0.05) is 24.8 Å². The van der Waals surface area contributed by atoms with Crippen LogP contribution in [-0.2, 0) is 14.9 Å². The van der Waals surface area contributed by atoms with Crippen LogP contribution in [0, 0.1) is 0 Å². The van der Waals surface area contributed by atoms with Crippen molar-refractivity contribution in [3.63, 3.8) is 0 Å². The second-order valence-corrected chi connectivity index (χ2v) is 7.93. The van der Waals surface area contributed by atoms with Gasteiger partial charge in [0.05, 0.1) is 5.75 Å². The van der Waals surface area contributed by atoms with Crippen molar-refractivity contribution in [3.8, 4) is 0 Å². The van der Waals surface area contributed by atoms with Gasteiger partial charge in [-0.15, -0.1) is 0 Å². The van der Waals surface area contributed by atoms with Gasteiger partial charge in [0.1, 0.15) is 6.04 Å². The number of carboxylic acid groups (broad SMARTS) is 1. The van der Waals surface area contributed by atoms with Gasteiger partial charge in [0.2, 0.25) is 0 Å². The summed E-state index contributed by atoms with van der Waals surface area (Å²) in [7, 11) is -0.353. The van der Waals surface area contributed by atoms with Gasteiger partial charge >= 0.3 is 5.97 Å². The highest BCUT2D eigenvalue weighted by atomic mass is 32.2. The second kappa shape index (κ2) is 14.5. The molecular weight excluding hydrogens is 394 g/mol. The zero-order valence-corrected chi connectivity index (χ0v) is 18.0. The number of carboxylic acids is 1. The molecule has 0 aromatic carbocycles. The molecule has 8 nitrogen and oxygen atoms in total. The third-order valence-corrected chi connectivity index (χ3v) is 4.63. The van der Waals surface area contributed by atoms with Crippen molar-refractivity contribution in [2.75, 3.05) is 32.9 Å². The smallest absolute Gasteiger partial charge is 0.320 e. The molecule has 162 valence electrons. The topological polar surface area (TPSA) is 111 Å². The molecule has 0 saturated heterocycles. The van der Waals surface area contributed by atoms with Gasteiger partial charge in [0.15, 0.2) is 0 Å². The maximum absolute atomic E-state index is 10.5. The summed E-state index contributed by atoms with van der Waals surface area (Å²) < 4.78 is 29.5. The van der Waals surface area contributed by atoms with Crippen LogP contribution in [-0.4, -0.2) is 77.8 Å². The van der Waals surface area contributed by atoms with Crippen molar-refractivity contribution in [2.24, 2.45) is 0 Å². The third-order valence-electron chi connectivity index (χ3n) is 3.82. The van der Waals surface area contributed by atoms with E-state index in [1.807, 2.05) is 41.5 Å². The molecule has 1 aliphatic heterocycles. The standard InChI is InChI=1S/C10H15NO3S.C5H11NO2.C5H5N/c1-2-10-4-7-11(8-5-10)6-3-9-15(12,13)14;1-4(5(7)8)6(2)3;1-2-4-6-5-3-1/h2,4-5,7H,1,3,6,8-9H2,(H,12,13,14);4H,1-3H3,(H,7,8);1-5H.